The van der Waals surface area contributed by atoms with Gasteiger partial charge in [0.2, 0.25) is 10.0 Å². The van der Waals surface area contributed by atoms with Crippen LogP contribution in [-0.4, -0.2) is 72.7 Å². The number of nitrogens with zero attached hydrogens (tertiary/aromatic N) is 2. The first-order valence-corrected chi connectivity index (χ1v) is 9.39. The van der Waals surface area contributed by atoms with Gasteiger partial charge in [-0.2, -0.15) is 4.31 Å². The van der Waals surface area contributed by atoms with Gasteiger partial charge in [0.15, 0.2) is 0 Å². The van der Waals surface area contributed by atoms with Gasteiger partial charge in [0.1, 0.15) is 5.60 Å². The summed E-state index contributed by atoms with van der Waals surface area (Å²) in [5, 5.41) is 18.8. The van der Waals surface area contributed by atoms with Crippen molar-refractivity contribution in [2.75, 3.05) is 26.2 Å². The second-order valence-corrected chi connectivity index (χ2v) is 8.69. The van der Waals surface area contributed by atoms with Gasteiger partial charge >= 0.3 is 13.2 Å². The third kappa shape index (κ3) is 4.72. The molecule has 0 saturated carbocycles. The minimum Gasteiger partial charge on any atom is -0.444 e. The Labute approximate surface area is 148 Å². The van der Waals surface area contributed by atoms with Crippen molar-refractivity contribution in [3.63, 3.8) is 0 Å². The number of amides is 1. The van der Waals surface area contributed by atoms with Gasteiger partial charge < -0.3 is 19.7 Å². The molecular formula is C15H23BN2O6S. The van der Waals surface area contributed by atoms with E-state index in [1.54, 1.807) is 20.8 Å². The zero-order chi connectivity index (χ0) is 18.8. The molecule has 0 atom stereocenters. The molecule has 1 amide bonds. The zero-order valence-corrected chi connectivity index (χ0v) is 15.4. The molecule has 0 aliphatic carbocycles. The summed E-state index contributed by atoms with van der Waals surface area (Å²) >= 11 is 0. The van der Waals surface area contributed by atoms with E-state index in [0.717, 1.165) is 0 Å². The van der Waals surface area contributed by atoms with E-state index in [2.05, 4.69) is 0 Å². The predicted molar refractivity (Wildman–Crippen MR) is 92.8 cm³/mol. The van der Waals surface area contributed by atoms with Crippen LogP contribution in [0.3, 0.4) is 0 Å². The second kappa shape index (κ2) is 7.32. The fourth-order valence-corrected chi connectivity index (χ4v) is 4.15. The van der Waals surface area contributed by atoms with E-state index in [9.17, 15) is 23.3 Å². The highest BCUT2D eigenvalue weighted by Gasteiger charge is 2.34. The third-order valence-electron chi connectivity index (χ3n) is 3.71. The van der Waals surface area contributed by atoms with Gasteiger partial charge in [-0.3, -0.25) is 0 Å². The molecule has 10 heteroatoms. The highest BCUT2D eigenvalue weighted by molar-refractivity contribution is 7.89. The van der Waals surface area contributed by atoms with E-state index in [0.29, 0.717) is 0 Å². The topological polar surface area (TPSA) is 107 Å². The first kappa shape index (κ1) is 19.7. The maximum Gasteiger partial charge on any atom is 0.489 e. The average Bonchev–Trinajstić information content (AvgIpc) is 2.53. The lowest BCUT2D eigenvalue weighted by molar-refractivity contribution is 0.0192. The standard InChI is InChI=1S/C15H23BN2O6S/c1-15(2,3)24-14(19)17-8-10-18(11-9-17)25(22,23)13-7-5-4-6-12(13)16(20)21/h4-7,20-21H,8-11H2,1-3H3. The van der Waals surface area contributed by atoms with Gasteiger partial charge in [-0.05, 0) is 26.8 Å². The van der Waals surface area contributed by atoms with Gasteiger partial charge in [0, 0.05) is 31.6 Å². The molecule has 8 nitrogen and oxygen atoms in total. The summed E-state index contributed by atoms with van der Waals surface area (Å²) in [6.45, 7) is 5.93. The van der Waals surface area contributed by atoms with Crippen LogP contribution in [0.1, 0.15) is 20.8 Å². The van der Waals surface area contributed by atoms with E-state index >= 15 is 0 Å². The van der Waals surface area contributed by atoms with Crippen molar-refractivity contribution in [2.24, 2.45) is 0 Å². The molecule has 1 aromatic carbocycles. The fraction of sp³-hybridized carbons (Fsp3) is 0.533. The Hall–Kier alpha value is -1.62. The van der Waals surface area contributed by atoms with Crippen molar-refractivity contribution in [3.05, 3.63) is 24.3 Å². The summed E-state index contributed by atoms with van der Waals surface area (Å²) in [4.78, 5) is 13.4. The van der Waals surface area contributed by atoms with Crippen molar-refractivity contribution < 1.29 is 28.0 Å². The number of sulfonamides is 1. The smallest absolute Gasteiger partial charge is 0.444 e. The molecule has 1 saturated heterocycles. The van der Waals surface area contributed by atoms with Crippen LogP contribution in [0.15, 0.2) is 29.2 Å². The number of carbonyl (C=O) groups is 1. The third-order valence-corrected chi connectivity index (χ3v) is 5.68. The van der Waals surface area contributed by atoms with Crippen LogP contribution in [0.4, 0.5) is 4.79 Å². The summed E-state index contributed by atoms with van der Waals surface area (Å²) in [7, 11) is -5.77. The number of benzene rings is 1. The largest absolute Gasteiger partial charge is 0.489 e. The van der Waals surface area contributed by atoms with Crippen molar-refractivity contribution in [1.29, 1.82) is 0 Å². The quantitative estimate of drug-likeness (QED) is 0.702. The van der Waals surface area contributed by atoms with E-state index in [1.165, 1.54) is 33.5 Å². The lowest BCUT2D eigenvalue weighted by Gasteiger charge is -2.35. The second-order valence-electron chi connectivity index (χ2n) is 6.78. The Kier molecular flexibility index (Phi) is 5.77. The molecule has 25 heavy (non-hydrogen) atoms. The lowest BCUT2D eigenvalue weighted by atomic mass is 9.80. The molecule has 1 fully saturated rings. The Morgan fingerprint density at radius 1 is 1.12 bits per heavy atom. The average molecular weight is 370 g/mol. The Morgan fingerprint density at radius 2 is 1.68 bits per heavy atom. The van der Waals surface area contributed by atoms with Crippen LogP contribution in [-0.2, 0) is 14.8 Å². The molecule has 2 N–H and O–H groups in total. The van der Waals surface area contributed by atoms with E-state index in [1.807, 2.05) is 0 Å². The summed E-state index contributed by atoms with van der Waals surface area (Å²) < 4.78 is 32.1. The van der Waals surface area contributed by atoms with E-state index in [-0.39, 0.29) is 36.5 Å². The molecule has 1 aromatic rings. The van der Waals surface area contributed by atoms with Crippen LogP contribution in [0.5, 0.6) is 0 Å². The van der Waals surface area contributed by atoms with Crippen molar-refractivity contribution >= 4 is 28.7 Å². The fourth-order valence-electron chi connectivity index (χ4n) is 2.51. The minimum absolute atomic E-state index is 0.0722. The molecule has 0 unspecified atom stereocenters. The molecule has 1 aliphatic heterocycles. The number of rotatable bonds is 3. The van der Waals surface area contributed by atoms with E-state index in [4.69, 9.17) is 4.74 Å². The maximum atomic E-state index is 12.8. The number of ether oxygens (including phenoxy) is 1. The number of carbonyl (C=O) groups excluding carboxylic acids is 1. The van der Waals surface area contributed by atoms with Gasteiger partial charge in [-0.1, -0.05) is 18.2 Å². The Morgan fingerprint density at radius 3 is 2.20 bits per heavy atom. The van der Waals surface area contributed by atoms with Crippen molar-refractivity contribution in [3.8, 4) is 0 Å². The predicted octanol–water partition coefficient (Wildman–Crippen LogP) is -0.392. The minimum atomic E-state index is -3.89. The Balaban J connectivity index is 2.11. The monoisotopic (exact) mass is 370 g/mol. The van der Waals surface area contributed by atoms with Crippen LogP contribution in [0, 0.1) is 0 Å². The summed E-state index contributed by atoms with van der Waals surface area (Å²) in [5.41, 5.74) is -0.687. The highest BCUT2D eigenvalue weighted by atomic mass is 32.2. The molecule has 138 valence electrons. The molecule has 0 bridgehead atoms. The number of hydrogen-bond donors (Lipinski definition) is 2. The summed E-state index contributed by atoms with van der Waals surface area (Å²) in [6.07, 6.45) is -0.476. The van der Waals surface area contributed by atoms with Crippen molar-refractivity contribution in [1.82, 2.24) is 9.21 Å². The molecule has 1 heterocycles. The molecular weight excluding hydrogens is 347 g/mol. The highest BCUT2D eigenvalue weighted by Crippen LogP contribution is 2.18. The molecule has 2 rings (SSSR count). The van der Waals surface area contributed by atoms with Crippen LogP contribution >= 0.6 is 0 Å². The molecule has 0 aromatic heterocycles. The van der Waals surface area contributed by atoms with Crippen LogP contribution in [0.2, 0.25) is 0 Å². The van der Waals surface area contributed by atoms with Gasteiger partial charge in [-0.25, -0.2) is 13.2 Å². The normalized spacial score (nSPS) is 16.6. The maximum absolute atomic E-state index is 12.8. The van der Waals surface area contributed by atoms with E-state index < -0.39 is 28.8 Å². The molecule has 1 aliphatic rings. The number of piperazine rings is 1. The molecule has 0 spiro atoms. The van der Waals surface area contributed by atoms with Crippen LogP contribution in [0.25, 0.3) is 0 Å². The summed E-state index contributed by atoms with van der Waals surface area (Å²) in [6, 6.07) is 5.75. The van der Waals surface area contributed by atoms with Gasteiger partial charge in [0.05, 0.1) is 4.90 Å². The van der Waals surface area contributed by atoms with Crippen LogP contribution < -0.4 is 5.46 Å². The van der Waals surface area contributed by atoms with Gasteiger partial charge in [0.25, 0.3) is 0 Å². The molecule has 0 radical (unpaired) electrons. The first-order chi connectivity index (χ1) is 11.5. The SMILES string of the molecule is CC(C)(C)OC(=O)N1CCN(S(=O)(=O)c2ccccc2B(O)O)CC1. The first-order valence-electron chi connectivity index (χ1n) is 7.95. The van der Waals surface area contributed by atoms with Crippen molar-refractivity contribution in [2.45, 2.75) is 31.3 Å². The lowest BCUT2D eigenvalue weighted by Crippen LogP contribution is -2.52. The Bertz CT molecular complexity index is 724. The summed E-state index contributed by atoms with van der Waals surface area (Å²) in [5.74, 6) is 0. The zero-order valence-electron chi connectivity index (χ0n) is 14.5. The number of hydrogen-bond acceptors (Lipinski definition) is 6. The van der Waals surface area contributed by atoms with Gasteiger partial charge in [-0.15, -0.1) is 0 Å².